The number of aryl methyl sites for hydroxylation is 1. The summed E-state index contributed by atoms with van der Waals surface area (Å²) in [7, 11) is 0. The summed E-state index contributed by atoms with van der Waals surface area (Å²) in [4.78, 5) is 42.0. The van der Waals surface area contributed by atoms with E-state index in [-0.39, 0.29) is 29.2 Å². The molecule has 3 rings (SSSR count). The van der Waals surface area contributed by atoms with Gasteiger partial charge in [-0.25, -0.2) is 14.2 Å². The minimum Gasteiger partial charge on any atom is -0.493 e. The maximum Gasteiger partial charge on any atom is 0.407 e. The molecule has 11 heteroatoms. The standard InChI is InChI=1S/C29H32ClFN4O5/c1-5-18-7-10-22(24(15-18)39-14-6-13-32-28(38)40-29(2,3)4)27(37)34-23-16-20(31)9-11-21(23)26(36)35-25-12-8-19(30)17-33-25/h7-12,15-17H,5-6,13-14H2,1-4H3,(H,32,38)(H,34,37)(H,33,35,36). The monoisotopic (exact) mass is 570 g/mol. The van der Waals surface area contributed by atoms with Gasteiger partial charge in [-0.15, -0.1) is 0 Å². The number of ether oxygens (including phenoxy) is 2. The van der Waals surface area contributed by atoms with Gasteiger partial charge >= 0.3 is 6.09 Å². The number of halogens is 2. The summed E-state index contributed by atoms with van der Waals surface area (Å²) in [5, 5.41) is 8.28. The Morgan fingerprint density at radius 1 is 0.975 bits per heavy atom. The van der Waals surface area contributed by atoms with Gasteiger partial charge in [0.25, 0.3) is 11.8 Å². The lowest BCUT2D eigenvalue weighted by Crippen LogP contribution is -2.33. The fourth-order valence-corrected chi connectivity index (χ4v) is 3.61. The molecule has 0 radical (unpaired) electrons. The van der Waals surface area contributed by atoms with Crippen molar-refractivity contribution in [3.8, 4) is 5.75 Å². The quantitative estimate of drug-likeness (QED) is 0.248. The van der Waals surface area contributed by atoms with Gasteiger partial charge in [0.05, 0.1) is 28.4 Å². The fourth-order valence-electron chi connectivity index (χ4n) is 3.49. The number of carbonyl (C=O) groups excluding carboxylic acids is 3. The van der Waals surface area contributed by atoms with Crippen LogP contribution in [-0.4, -0.2) is 41.6 Å². The van der Waals surface area contributed by atoms with Crippen LogP contribution in [-0.2, 0) is 11.2 Å². The van der Waals surface area contributed by atoms with Crippen LogP contribution >= 0.6 is 11.6 Å². The Hall–Kier alpha value is -4.18. The lowest BCUT2D eigenvalue weighted by Gasteiger charge is -2.19. The summed E-state index contributed by atoms with van der Waals surface area (Å²) in [6.45, 7) is 7.83. The molecule has 0 aliphatic rings. The van der Waals surface area contributed by atoms with Gasteiger partial charge < -0.3 is 25.4 Å². The third-order valence-corrected chi connectivity index (χ3v) is 5.61. The van der Waals surface area contributed by atoms with Crippen LogP contribution in [0.2, 0.25) is 5.02 Å². The van der Waals surface area contributed by atoms with E-state index in [1.807, 2.05) is 6.92 Å². The largest absolute Gasteiger partial charge is 0.493 e. The van der Waals surface area contributed by atoms with Gasteiger partial charge in [0.2, 0.25) is 0 Å². The molecule has 1 heterocycles. The molecule has 3 amide bonds. The Morgan fingerprint density at radius 2 is 1.70 bits per heavy atom. The number of amides is 3. The van der Waals surface area contributed by atoms with Gasteiger partial charge in [0.1, 0.15) is 23.0 Å². The highest BCUT2D eigenvalue weighted by atomic mass is 35.5. The van der Waals surface area contributed by atoms with Gasteiger partial charge in [0.15, 0.2) is 0 Å². The molecule has 0 aliphatic carbocycles. The van der Waals surface area contributed by atoms with E-state index in [4.69, 9.17) is 21.1 Å². The van der Waals surface area contributed by atoms with Gasteiger partial charge in [-0.1, -0.05) is 24.6 Å². The zero-order valence-corrected chi connectivity index (χ0v) is 23.5. The molecule has 0 unspecified atom stereocenters. The molecule has 0 bridgehead atoms. The minimum absolute atomic E-state index is 0.0245. The Balaban J connectivity index is 1.71. The second-order valence-electron chi connectivity index (χ2n) is 9.77. The van der Waals surface area contributed by atoms with Crippen molar-refractivity contribution in [2.45, 2.75) is 46.1 Å². The SMILES string of the molecule is CCc1ccc(C(=O)Nc2cc(F)ccc2C(=O)Nc2ccc(Cl)cn2)c(OCCCNC(=O)OC(C)(C)C)c1. The first-order valence-corrected chi connectivity index (χ1v) is 13.1. The fraction of sp³-hybridized carbons (Fsp3) is 0.310. The van der Waals surface area contributed by atoms with E-state index in [0.29, 0.717) is 30.2 Å². The maximum absolute atomic E-state index is 14.1. The number of carbonyl (C=O) groups is 3. The highest BCUT2D eigenvalue weighted by Gasteiger charge is 2.19. The molecular weight excluding hydrogens is 539 g/mol. The highest BCUT2D eigenvalue weighted by Crippen LogP contribution is 2.25. The van der Waals surface area contributed by atoms with Crippen molar-refractivity contribution in [3.05, 3.63) is 82.3 Å². The Labute approximate surface area is 237 Å². The van der Waals surface area contributed by atoms with Crippen molar-refractivity contribution < 1.29 is 28.2 Å². The van der Waals surface area contributed by atoms with E-state index < -0.39 is 29.3 Å². The van der Waals surface area contributed by atoms with E-state index in [0.717, 1.165) is 17.7 Å². The summed E-state index contributed by atoms with van der Waals surface area (Å²) in [5.41, 5.74) is 0.557. The minimum atomic E-state index is -0.633. The first-order chi connectivity index (χ1) is 18.9. The predicted octanol–water partition coefficient (Wildman–Crippen LogP) is 6.23. The van der Waals surface area contributed by atoms with Gasteiger partial charge in [-0.05, 0) is 81.6 Å². The second-order valence-corrected chi connectivity index (χ2v) is 10.2. The van der Waals surface area contributed by atoms with Crippen molar-refractivity contribution in [1.82, 2.24) is 10.3 Å². The van der Waals surface area contributed by atoms with Crippen LogP contribution in [0.4, 0.5) is 20.7 Å². The molecule has 9 nitrogen and oxygen atoms in total. The number of aromatic nitrogens is 1. The molecule has 0 aliphatic heterocycles. The van der Waals surface area contributed by atoms with Crippen molar-refractivity contribution in [2.75, 3.05) is 23.8 Å². The van der Waals surface area contributed by atoms with Gasteiger partial charge in [-0.2, -0.15) is 0 Å². The summed E-state index contributed by atoms with van der Waals surface area (Å²) < 4.78 is 25.2. The Kier molecular flexibility index (Phi) is 10.4. The molecule has 0 spiro atoms. The lowest BCUT2D eigenvalue weighted by molar-refractivity contribution is 0.0525. The number of rotatable bonds is 10. The molecular formula is C29H32ClFN4O5. The van der Waals surface area contributed by atoms with Crippen molar-refractivity contribution in [2.24, 2.45) is 0 Å². The molecule has 0 saturated carbocycles. The zero-order chi connectivity index (χ0) is 29.3. The third kappa shape index (κ3) is 9.23. The Morgan fingerprint density at radius 3 is 2.38 bits per heavy atom. The first-order valence-electron chi connectivity index (χ1n) is 12.7. The summed E-state index contributed by atoms with van der Waals surface area (Å²) in [6.07, 6.45) is 2.02. The molecule has 40 heavy (non-hydrogen) atoms. The topological polar surface area (TPSA) is 119 Å². The zero-order valence-electron chi connectivity index (χ0n) is 22.8. The number of benzene rings is 2. The number of nitrogens with one attached hydrogen (secondary N) is 3. The average Bonchev–Trinajstić information content (AvgIpc) is 2.88. The molecule has 2 aromatic carbocycles. The van der Waals surface area contributed by atoms with E-state index in [1.54, 1.807) is 45.0 Å². The van der Waals surface area contributed by atoms with Gasteiger partial charge in [0, 0.05) is 12.7 Å². The highest BCUT2D eigenvalue weighted by molar-refractivity contribution is 6.30. The molecule has 0 saturated heterocycles. The summed E-state index contributed by atoms with van der Waals surface area (Å²) in [6, 6.07) is 11.7. The van der Waals surface area contributed by atoms with Crippen LogP contribution < -0.4 is 20.7 Å². The van der Waals surface area contributed by atoms with Crippen molar-refractivity contribution in [3.63, 3.8) is 0 Å². The van der Waals surface area contributed by atoms with Crippen LogP contribution in [0.25, 0.3) is 0 Å². The van der Waals surface area contributed by atoms with Gasteiger partial charge in [-0.3, -0.25) is 9.59 Å². The van der Waals surface area contributed by atoms with Crippen molar-refractivity contribution >= 4 is 41.0 Å². The number of nitrogens with zero attached hydrogens (tertiary/aromatic N) is 1. The molecule has 0 atom stereocenters. The molecule has 1 aromatic heterocycles. The summed E-state index contributed by atoms with van der Waals surface area (Å²) in [5.74, 6) is -1.26. The van der Waals surface area contributed by atoms with E-state index in [1.165, 1.54) is 18.3 Å². The third-order valence-electron chi connectivity index (χ3n) is 5.39. The van der Waals surface area contributed by atoms with E-state index in [2.05, 4.69) is 20.9 Å². The normalized spacial score (nSPS) is 10.9. The summed E-state index contributed by atoms with van der Waals surface area (Å²) >= 11 is 5.84. The first kappa shape index (κ1) is 30.4. The number of hydrogen-bond acceptors (Lipinski definition) is 6. The molecule has 0 fully saturated rings. The van der Waals surface area contributed by atoms with Crippen LogP contribution in [0.3, 0.4) is 0 Å². The lowest BCUT2D eigenvalue weighted by atomic mass is 10.1. The average molecular weight is 571 g/mol. The van der Waals surface area contributed by atoms with Crippen molar-refractivity contribution in [1.29, 1.82) is 0 Å². The second kappa shape index (κ2) is 13.7. The smallest absolute Gasteiger partial charge is 0.407 e. The maximum atomic E-state index is 14.1. The predicted molar refractivity (Wildman–Crippen MR) is 152 cm³/mol. The Bertz CT molecular complexity index is 1360. The van der Waals surface area contributed by atoms with Crippen LogP contribution in [0.1, 0.15) is 60.4 Å². The van der Waals surface area contributed by atoms with E-state index in [9.17, 15) is 18.8 Å². The molecule has 3 aromatic rings. The number of alkyl carbamates (subject to hydrolysis) is 1. The molecule has 3 N–H and O–H groups in total. The molecule has 212 valence electrons. The number of hydrogen-bond donors (Lipinski definition) is 3. The number of anilines is 2. The number of pyridine rings is 1. The van der Waals surface area contributed by atoms with Crippen LogP contribution in [0, 0.1) is 5.82 Å². The van der Waals surface area contributed by atoms with Crippen LogP contribution in [0.15, 0.2) is 54.7 Å². The van der Waals surface area contributed by atoms with E-state index >= 15 is 0 Å². The van der Waals surface area contributed by atoms with Crippen LogP contribution in [0.5, 0.6) is 5.75 Å².